The van der Waals surface area contributed by atoms with E-state index in [4.69, 9.17) is 4.74 Å². The van der Waals surface area contributed by atoms with Crippen molar-refractivity contribution in [3.63, 3.8) is 0 Å². The fourth-order valence-corrected chi connectivity index (χ4v) is 3.28. The molecule has 1 atom stereocenters. The molecule has 152 valence electrons. The van der Waals surface area contributed by atoms with Gasteiger partial charge in [-0.05, 0) is 36.2 Å². The van der Waals surface area contributed by atoms with E-state index in [9.17, 15) is 14.4 Å². The van der Waals surface area contributed by atoms with Gasteiger partial charge in [-0.1, -0.05) is 30.3 Å². The number of carbonyl (C=O) groups excluding carboxylic acids is 3. The minimum Gasteiger partial charge on any atom is -0.375 e. The van der Waals surface area contributed by atoms with E-state index < -0.39 is 0 Å². The number of likely N-dealkylation sites (tertiary alicyclic amines) is 1. The van der Waals surface area contributed by atoms with E-state index in [1.54, 1.807) is 29.2 Å². The van der Waals surface area contributed by atoms with E-state index in [-0.39, 0.29) is 36.7 Å². The molecule has 3 rings (SSSR count). The van der Waals surface area contributed by atoms with Crippen LogP contribution in [0.3, 0.4) is 0 Å². The van der Waals surface area contributed by atoms with E-state index in [1.807, 2.05) is 30.3 Å². The third kappa shape index (κ3) is 5.89. The van der Waals surface area contributed by atoms with Gasteiger partial charge in [0.25, 0.3) is 0 Å². The summed E-state index contributed by atoms with van der Waals surface area (Å²) in [5.41, 5.74) is 2.41. The topological polar surface area (TPSA) is 87.7 Å². The molecule has 0 radical (unpaired) electrons. The van der Waals surface area contributed by atoms with E-state index in [1.165, 1.54) is 12.7 Å². The summed E-state index contributed by atoms with van der Waals surface area (Å²) >= 11 is 0. The van der Waals surface area contributed by atoms with Crippen molar-refractivity contribution in [2.24, 2.45) is 5.92 Å². The summed E-state index contributed by atoms with van der Waals surface area (Å²) in [6.45, 7) is 1.03. The Morgan fingerprint density at radius 1 is 1.03 bits per heavy atom. The quantitative estimate of drug-likeness (QED) is 0.718. The number of anilines is 2. The lowest BCUT2D eigenvalue weighted by molar-refractivity contribution is -0.128. The molecule has 1 heterocycles. The Balaban J connectivity index is 1.49. The molecule has 2 N–H and O–H groups in total. The fraction of sp³-hybridized carbons (Fsp3) is 0.318. The van der Waals surface area contributed by atoms with Crippen LogP contribution < -0.4 is 10.6 Å². The lowest BCUT2D eigenvalue weighted by atomic mass is 10.1. The zero-order chi connectivity index (χ0) is 20.6. The van der Waals surface area contributed by atoms with Crippen molar-refractivity contribution in [3.8, 4) is 0 Å². The summed E-state index contributed by atoms with van der Waals surface area (Å²) in [4.78, 5) is 38.1. The minimum atomic E-state index is -0.362. The molecule has 1 saturated heterocycles. The lowest BCUT2D eigenvalue weighted by Gasteiger charge is -2.16. The van der Waals surface area contributed by atoms with E-state index in [0.29, 0.717) is 24.5 Å². The number of hydrogen-bond donors (Lipinski definition) is 2. The maximum Gasteiger partial charge on any atom is 0.250 e. The molecule has 2 aromatic rings. The largest absolute Gasteiger partial charge is 0.375 e. The molecule has 29 heavy (non-hydrogen) atoms. The van der Waals surface area contributed by atoms with Crippen LogP contribution in [-0.2, 0) is 25.5 Å². The van der Waals surface area contributed by atoms with Crippen LogP contribution in [0.25, 0.3) is 0 Å². The Morgan fingerprint density at radius 2 is 1.69 bits per heavy atom. The van der Waals surface area contributed by atoms with Crippen molar-refractivity contribution in [2.45, 2.75) is 12.8 Å². The normalized spacial score (nSPS) is 16.0. The highest BCUT2D eigenvalue weighted by molar-refractivity contribution is 5.97. The van der Waals surface area contributed by atoms with Gasteiger partial charge in [-0.3, -0.25) is 14.4 Å². The molecule has 0 aromatic heterocycles. The molecule has 1 aliphatic heterocycles. The lowest BCUT2D eigenvalue weighted by Crippen LogP contribution is -2.30. The zero-order valence-corrected chi connectivity index (χ0v) is 16.4. The predicted molar refractivity (Wildman–Crippen MR) is 110 cm³/mol. The van der Waals surface area contributed by atoms with Crippen LogP contribution in [0.4, 0.5) is 11.4 Å². The Morgan fingerprint density at radius 3 is 2.34 bits per heavy atom. The second kappa shape index (κ2) is 9.84. The zero-order valence-electron chi connectivity index (χ0n) is 16.4. The summed E-state index contributed by atoms with van der Waals surface area (Å²) < 4.78 is 4.77. The number of amides is 3. The maximum atomic E-state index is 12.6. The van der Waals surface area contributed by atoms with Gasteiger partial charge in [0.05, 0.1) is 5.92 Å². The molecule has 0 spiro atoms. The van der Waals surface area contributed by atoms with Gasteiger partial charge in [-0.25, -0.2) is 0 Å². The van der Waals surface area contributed by atoms with Crippen LogP contribution in [0.5, 0.6) is 0 Å². The molecule has 0 saturated carbocycles. The summed E-state index contributed by atoms with van der Waals surface area (Å²) in [6, 6.07) is 16.8. The van der Waals surface area contributed by atoms with E-state index in [0.717, 1.165) is 6.42 Å². The number of hydrogen-bond acceptors (Lipinski definition) is 4. The number of methoxy groups -OCH3 is 1. The fourth-order valence-electron chi connectivity index (χ4n) is 3.28. The van der Waals surface area contributed by atoms with Crippen molar-refractivity contribution >= 4 is 29.1 Å². The monoisotopic (exact) mass is 395 g/mol. The van der Waals surface area contributed by atoms with Crippen molar-refractivity contribution in [2.75, 3.05) is 37.4 Å². The van der Waals surface area contributed by atoms with Crippen molar-refractivity contribution < 1.29 is 19.1 Å². The Labute approximate surface area is 170 Å². The number of carbonyl (C=O) groups is 3. The molecule has 1 aliphatic rings. The molecule has 3 amide bonds. The third-order valence-corrected chi connectivity index (χ3v) is 4.81. The summed E-state index contributed by atoms with van der Waals surface area (Å²) in [6.07, 6.45) is 1.00. The van der Waals surface area contributed by atoms with Gasteiger partial charge in [0.15, 0.2) is 0 Å². The molecule has 1 unspecified atom stereocenters. The summed E-state index contributed by atoms with van der Waals surface area (Å²) in [5, 5.41) is 5.54. The molecule has 1 fully saturated rings. The predicted octanol–water partition coefficient (Wildman–Crippen LogP) is 2.30. The van der Waals surface area contributed by atoms with Crippen molar-refractivity contribution in [1.29, 1.82) is 0 Å². The molecule has 0 aliphatic carbocycles. The number of nitrogens with one attached hydrogen (secondary N) is 2. The number of rotatable bonds is 8. The van der Waals surface area contributed by atoms with E-state index >= 15 is 0 Å². The Bertz CT molecular complexity index is 852. The van der Waals surface area contributed by atoms with Gasteiger partial charge in [-0.15, -0.1) is 0 Å². The number of ether oxygens (including phenoxy) is 1. The van der Waals surface area contributed by atoms with Gasteiger partial charge < -0.3 is 20.3 Å². The minimum absolute atomic E-state index is 0.0114. The molecule has 7 nitrogen and oxygen atoms in total. The smallest absolute Gasteiger partial charge is 0.250 e. The average Bonchev–Trinajstić information content (AvgIpc) is 3.10. The van der Waals surface area contributed by atoms with Crippen LogP contribution in [0.2, 0.25) is 0 Å². The van der Waals surface area contributed by atoms with Gasteiger partial charge >= 0.3 is 0 Å². The van der Waals surface area contributed by atoms with Gasteiger partial charge in [0.2, 0.25) is 17.7 Å². The second-order valence-corrected chi connectivity index (χ2v) is 7.02. The third-order valence-electron chi connectivity index (χ3n) is 4.81. The summed E-state index contributed by atoms with van der Waals surface area (Å²) in [7, 11) is 1.45. The molecule has 7 heteroatoms. The summed E-state index contributed by atoms with van der Waals surface area (Å²) in [5.74, 6) is -0.766. The molecule has 2 aromatic carbocycles. The number of nitrogens with zero attached hydrogens (tertiary/aromatic N) is 1. The highest BCUT2D eigenvalue weighted by Gasteiger charge is 2.34. The van der Waals surface area contributed by atoms with Crippen LogP contribution in [0.15, 0.2) is 54.6 Å². The first-order valence-electron chi connectivity index (χ1n) is 9.56. The first-order chi connectivity index (χ1) is 14.0. The first kappa shape index (κ1) is 20.5. The van der Waals surface area contributed by atoms with Gasteiger partial charge in [0.1, 0.15) is 6.61 Å². The van der Waals surface area contributed by atoms with Crippen LogP contribution in [-0.4, -0.2) is 49.4 Å². The van der Waals surface area contributed by atoms with Crippen LogP contribution in [0.1, 0.15) is 12.0 Å². The van der Waals surface area contributed by atoms with Gasteiger partial charge in [0, 0.05) is 38.0 Å². The highest BCUT2D eigenvalue weighted by Crippen LogP contribution is 2.21. The average molecular weight is 395 g/mol. The Hall–Kier alpha value is -3.19. The number of benzene rings is 2. The van der Waals surface area contributed by atoms with Crippen molar-refractivity contribution in [3.05, 3.63) is 60.2 Å². The van der Waals surface area contributed by atoms with Gasteiger partial charge in [-0.2, -0.15) is 0 Å². The molecular weight excluding hydrogens is 370 g/mol. The maximum absolute atomic E-state index is 12.6. The molecule has 0 bridgehead atoms. The second-order valence-electron chi connectivity index (χ2n) is 7.02. The standard InChI is InChI=1S/C22H25N3O4/c1-29-15-20(26)23-18-7-9-19(10-8-18)24-22(28)17-13-21(27)25(14-17)12-11-16-5-3-2-4-6-16/h2-10,17H,11-15H2,1H3,(H,23,26)(H,24,28). The van der Waals surface area contributed by atoms with Crippen LogP contribution >= 0.6 is 0 Å². The Kier molecular flexibility index (Phi) is 6.97. The highest BCUT2D eigenvalue weighted by atomic mass is 16.5. The SMILES string of the molecule is COCC(=O)Nc1ccc(NC(=O)C2CC(=O)N(CCc3ccccc3)C2)cc1. The first-order valence-corrected chi connectivity index (χ1v) is 9.56. The van der Waals surface area contributed by atoms with Crippen molar-refractivity contribution in [1.82, 2.24) is 4.90 Å². The van der Waals surface area contributed by atoms with Crippen LogP contribution in [0, 0.1) is 5.92 Å². The van der Waals surface area contributed by atoms with E-state index in [2.05, 4.69) is 10.6 Å². The molecular formula is C22H25N3O4.